The van der Waals surface area contributed by atoms with Crippen LogP contribution in [0, 0.1) is 5.41 Å². The van der Waals surface area contributed by atoms with Crippen LogP contribution < -0.4 is 0 Å². The molecule has 2 aromatic rings. The molecule has 1 nitrogen and oxygen atoms in total. The normalized spacial score (nSPS) is 26.4. The third-order valence-corrected chi connectivity index (χ3v) is 6.12. The van der Waals surface area contributed by atoms with Crippen molar-refractivity contribution >= 4 is 29.4 Å². The summed E-state index contributed by atoms with van der Waals surface area (Å²) in [7, 11) is 0. The zero-order valence-corrected chi connectivity index (χ0v) is 15.1. The molecule has 0 saturated heterocycles. The molecule has 0 aromatic heterocycles. The van der Waals surface area contributed by atoms with Crippen LogP contribution in [0.25, 0.3) is 0 Å². The molecule has 3 rings (SSSR count). The molecule has 1 fully saturated rings. The molecule has 120 valence electrons. The van der Waals surface area contributed by atoms with Gasteiger partial charge in [-0.25, -0.2) is 0 Å². The Labute approximate surface area is 148 Å². The highest BCUT2D eigenvalue weighted by Gasteiger charge is 2.72. The second-order valence-electron chi connectivity index (χ2n) is 6.93. The lowest BCUT2D eigenvalue weighted by Crippen LogP contribution is -2.17. The molecular weight excluding hydrogens is 325 g/mol. The van der Waals surface area contributed by atoms with Gasteiger partial charge in [0.1, 0.15) is 4.33 Å². The minimum Gasteiger partial charge on any atom is -0.286 e. The molecule has 1 aliphatic carbocycles. The molecule has 0 heterocycles. The van der Waals surface area contributed by atoms with Gasteiger partial charge in [0.05, 0.1) is 5.54 Å². The van der Waals surface area contributed by atoms with Crippen LogP contribution in [-0.2, 0) is 5.54 Å². The second-order valence-corrected chi connectivity index (χ2v) is 8.32. The maximum Gasteiger partial charge on any atom is 0.137 e. The van der Waals surface area contributed by atoms with Crippen LogP contribution in [0.2, 0.25) is 0 Å². The van der Waals surface area contributed by atoms with E-state index in [1.807, 2.05) is 42.6 Å². The number of nitrogens with zero attached hydrogens (tertiary/aromatic N) is 1. The van der Waals surface area contributed by atoms with Gasteiger partial charge < -0.3 is 0 Å². The first-order valence-electron chi connectivity index (χ1n) is 7.84. The van der Waals surface area contributed by atoms with Gasteiger partial charge in [0.25, 0.3) is 0 Å². The summed E-state index contributed by atoms with van der Waals surface area (Å²) in [6.07, 6.45) is 1.96. The van der Waals surface area contributed by atoms with E-state index in [1.54, 1.807) is 0 Å². The molecule has 2 aromatic carbocycles. The largest absolute Gasteiger partial charge is 0.286 e. The Bertz CT molecular complexity index is 707. The van der Waals surface area contributed by atoms with Gasteiger partial charge in [0, 0.05) is 17.5 Å². The predicted octanol–water partition coefficient (Wildman–Crippen LogP) is 5.97. The van der Waals surface area contributed by atoms with Crippen LogP contribution in [-0.4, -0.2) is 10.5 Å². The highest BCUT2D eigenvalue weighted by molar-refractivity contribution is 6.54. The second kappa shape index (κ2) is 5.65. The third-order valence-electron chi connectivity index (χ3n) is 4.87. The highest BCUT2D eigenvalue weighted by atomic mass is 35.5. The van der Waals surface area contributed by atoms with Crippen LogP contribution in [0.15, 0.2) is 65.7 Å². The van der Waals surface area contributed by atoms with Gasteiger partial charge in [0.2, 0.25) is 0 Å². The summed E-state index contributed by atoms with van der Waals surface area (Å²) in [5.41, 5.74) is 1.66. The number of halogens is 2. The lowest BCUT2D eigenvalue weighted by molar-refractivity contribution is 0.553. The number of benzene rings is 2. The molecule has 2 unspecified atom stereocenters. The fourth-order valence-electron chi connectivity index (χ4n) is 3.13. The van der Waals surface area contributed by atoms with Crippen molar-refractivity contribution in [3.05, 3.63) is 71.8 Å². The molecule has 23 heavy (non-hydrogen) atoms. The van der Waals surface area contributed by atoms with E-state index in [0.717, 1.165) is 5.56 Å². The Morgan fingerprint density at radius 2 is 1.48 bits per heavy atom. The number of hydrogen-bond donors (Lipinski definition) is 0. The van der Waals surface area contributed by atoms with Gasteiger partial charge >= 0.3 is 0 Å². The average molecular weight is 346 g/mol. The van der Waals surface area contributed by atoms with Crippen molar-refractivity contribution in [3.8, 4) is 0 Å². The van der Waals surface area contributed by atoms with Crippen LogP contribution in [0.5, 0.6) is 0 Å². The summed E-state index contributed by atoms with van der Waals surface area (Å²) >= 11 is 13.2. The smallest absolute Gasteiger partial charge is 0.137 e. The van der Waals surface area contributed by atoms with E-state index in [1.165, 1.54) is 5.56 Å². The fourth-order valence-corrected chi connectivity index (χ4v) is 4.04. The molecule has 0 radical (unpaired) electrons. The monoisotopic (exact) mass is 345 g/mol. The molecule has 0 N–H and O–H groups in total. The van der Waals surface area contributed by atoms with Crippen LogP contribution in [0.1, 0.15) is 37.8 Å². The fraction of sp³-hybridized carbons (Fsp3) is 0.350. The summed E-state index contributed by atoms with van der Waals surface area (Å²) in [4.78, 5) is 4.84. The van der Waals surface area contributed by atoms with E-state index in [0.29, 0.717) is 0 Å². The van der Waals surface area contributed by atoms with Crippen molar-refractivity contribution in [1.82, 2.24) is 0 Å². The number of rotatable bonds is 4. The molecule has 2 atom stereocenters. The van der Waals surface area contributed by atoms with Crippen molar-refractivity contribution < 1.29 is 0 Å². The number of hydrogen-bond acceptors (Lipinski definition) is 1. The average Bonchev–Trinajstić information content (AvgIpc) is 3.00. The van der Waals surface area contributed by atoms with E-state index in [4.69, 9.17) is 28.2 Å². The first kappa shape index (κ1) is 16.5. The van der Waals surface area contributed by atoms with Crippen LogP contribution in [0.4, 0.5) is 0 Å². The third kappa shape index (κ3) is 2.81. The van der Waals surface area contributed by atoms with Crippen LogP contribution >= 0.6 is 23.2 Å². The van der Waals surface area contributed by atoms with Crippen LogP contribution in [0.3, 0.4) is 0 Å². The molecule has 0 bridgehead atoms. The summed E-state index contributed by atoms with van der Waals surface area (Å²) in [5.74, 6) is 0.0647. The van der Waals surface area contributed by atoms with Crippen molar-refractivity contribution in [1.29, 1.82) is 0 Å². The molecule has 0 aliphatic heterocycles. The van der Waals surface area contributed by atoms with Gasteiger partial charge in [-0.05, 0) is 25.0 Å². The van der Waals surface area contributed by atoms with E-state index in [-0.39, 0.29) is 16.9 Å². The molecule has 0 amide bonds. The first-order valence-corrected chi connectivity index (χ1v) is 8.59. The Hall–Kier alpha value is -1.31. The Morgan fingerprint density at radius 1 is 0.957 bits per heavy atom. The number of alkyl halides is 2. The SMILES string of the molecule is CC(C)(N=CC1(C)C(c2ccccc2)C1(Cl)Cl)c1ccccc1. The maximum atomic E-state index is 6.60. The lowest BCUT2D eigenvalue weighted by atomic mass is 9.94. The van der Waals surface area contributed by atoms with Crippen molar-refractivity contribution in [3.63, 3.8) is 0 Å². The topological polar surface area (TPSA) is 12.4 Å². The van der Waals surface area contributed by atoms with E-state index in [2.05, 4.69) is 45.0 Å². The summed E-state index contributed by atoms with van der Waals surface area (Å²) < 4.78 is -0.815. The van der Waals surface area contributed by atoms with Crippen molar-refractivity contribution in [2.45, 2.75) is 36.6 Å². The van der Waals surface area contributed by atoms with Gasteiger partial charge in [-0.2, -0.15) is 0 Å². The highest BCUT2D eigenvalue weighted by Crippen LogP contribution is 2.73. The molecular formula is C20H21Cl2N. The van der Waals surface area contributed by atoms with E-state index >= 15 is 0 Å². The molecule has 0 spiro atoms. The van der Waals surface area contributed by atoms with Crippen molar-refractivity contribution in [2.24, 2.45) is 10.4 Å². The minimum absolute atomic E-state index is 0.0647. The quantitative estimate of drug-likeness (QED) is 0.478. The summed E-state index contributed by atoms with van der Waals surface area (Å²) in [6.45, 7) is 6.29. The molecule has 1 aliphatic rings. The van der Waals surface area contributed by atoms with E-state index < -0.39 is 4.33 Å². The zero-order valence-electron chi connectivity index (χ0n) is 13.6. The van der Waals surface area contributed by atoms with Gasteiger partial charge in [0.15, 0.2) is 0 Å². The Morgan fingerprint density at radius 3 is 2.04 bits per heavy atom. The predicted molar refractivity (Wildman–Crippen MR) is 99.7 cm³/mol. The Balaban J connectivity index is 1.87. The van der Waals surface area contributed by atoms with E-state index in [9.17, 15) is 0 Å². The summed E-state index contributed by atoms with van der Waals surface area (Å²) in [5, 5.41) is 0. The lowest BCUT2D eigenvalue weighted by Gasteiger charge is -2.21. The first-order chi connectivity index (χ1) is 10.8. The molecule has 1 saturated carbocycles. The van der Waals surface area contributed by atoms with Gasteiger partial charge in [-0.1, -0.05) is 90.8 Å². The number of aliphatic imine (C=N–C) groups is 1. The maximum absolute atomic E-state index is 6.60. The zero-order chi connectivity index (χ0) is 16.7. The van der Waals surface area contributed by atoms with Gasteiger partial charge in [-0.15, -0.1) is 0 Å². The molecule has 3 heteroatoms. The Kier molecular flexibility index (Phi) is 4.06. The van der Waals surface area contributed by atoms with Crippen molar-refractivity contribution in [2.75, 3.05) is 0 Å². The summed E-state index contributed by atoms with van der Waals surface area (Å²) in [6, 6.07) is 20.5. The standard InChI is InChI=1S/C20H21Cl2N/c1-18(2,16-12-8-5-9-13-16)23-14-19(3)17(20(19,21)22)15-10-6-4-7-11-15/h4-14,17H,1-3H3. The minimum atomic E-state index is -0.815. The van der Waals surface area contributed by atoms with Gasteiger partial charge in [-0.3, -0.25) is 4.99 Å².